The molecule has 6 rings (SSSR count). The molecule has 5 fully saturated rings. The third kappa shape index (κ3) is 4.30. The number of nitrogens with one attached hydrogen (secondary N) is 1. The zero-order valence-corrected chi connectivity index (χ0v) is 19.5. The largest absolute Gasteiger partial charge is 0.356 e. The first kappa shape index (κ1) is 21.4. The van der Waals surface area contributed by atoms with Crippen LogP contribution in [0.1, 0.15) is 63.4 Å². The van der Waals surface area contributed by atoms with Gasteiger partial charge in [0.2, 0.25) is 15.9 Å². The number of aryl methyl sites for hydroxylation is 1. The lowest BCUT2D eigenvalue weighted by atomic mass is 9.49. The highest BCUT2D eigenvalue weighted by Crippen LogP contribution is 2.61. The summed E-state index contributed by atoms with van der Waals surface area (Å²) in [5, 5.41) is 3.21. The van der Waals surface area contributed by atoms with Crippen molar-refractivity contribution >= 4 is 15.9 Å². The van der Waals surface area contributed by atoms with E-state index in [0.29, 0.717) is 36.2 Å². The van der Waals surface area contributed by atoms with Crippen molar-refractivity contribution in [2.45, 2.75) is 69.6 Å². The minimum absolute atomic E-state index is 0.0687. The first-order valence-corrected chi connectivity index (χ1v) is 13.6. The van der Waals surface area contributed by atoms with E-state index < -0.39 is 10.0 Å². The average Bonchev–Trinajstić information content (AvgIpc) is 2.73. The van der Waals surface area contributed by atoms with Gasteiger partial charge in [0.1, 0.15) is 0 Å². The van der Waals surface area contributed by atoms with Crippen LogP contribution >= 0.6 is 0 Å². The second kappa shape index (κ2) is 8.18. The zero-order chi connectivity index (χ0) is 21.6. The van der Waals surface area contributed by atoms with Crippen molar-refractivity contribution in [2.75, 3.05) is 19.6 Å². The van der Waals surface area contributed by atoms with Gasteiger partial charge in [-0.25, -0.2) is 8.42 Å². The minimum atomic E-state index is -3.47. The molecule has 5 nitrogen and oxygen atoms in total. The van der Waals surface area contributed by atoms with Crippen LogP contribution in [-0.2, 0) is 14.8 Å². The Hall–Kier alpha value is -1.40. The molecule has 0 atom stereocenters. The highest BCUT2D eigenvalue weighted by Gasteiger charge is 2.50. The first-order valence-electron chi connectivity index (χ1n) is 12.2. The van der Waals surface area contributed by atoms with Crippen LogP contribution in [0.5, 0.6) is 0 Å². The van der Waals surface area contributed by atoms with Crippen molar-refractivity contribution in [2.24, 2.45) is 29.1 Å². The number of sulfonamides is 1. The third-order valence-corrected chi connectivity index (χ3v) is 10.5. The van der Waals surface area contributed by atoms with E-state index in [4.69, 9.17) is 0 Å². The monoisotopic (exact) mass is 444 g/mol. The number of carbonyl (C=O) groups excluding carboxylic acids is 1. The van der Waals surface area contributed by atoms with Crippen LogP contribution in [0.3, 0.4) is 0 Å². The van der Waals surface area contributed by atoms with E-state index in [1.54, 1.807) is 12.1 Å². The second-order valence-electron chi connectivity index (χ2n) is 10.9. The van der Waals surface area contributed by atoms with E-state index in [1.165, 1.54) is 42.8 Å². The van der Waals surface area contributed by atoms with E-state index in [2.05, 4.69) is 5.32 Å². The highest BCUT2D eigenvalue weighted by atomic mass is 32.2. The Bertz CT molecular complexity index is 881. The molecular weight excluding hydrogens is 408 g/mol. The van der Waals surface area contributed by atoms with Gasteiger partial charge in [-0.2, -0.15) is 4.31 Å². The number of rotatable bonds is 6. The van der Waals surface area contributed by atoms with Gasteiger partial charge in [0, 0.05) is 25.6 Å². The summed E-state index contributed by atoms with van der Waals surface area (Å²) in [5.41, 5.74) is 1.54. The first-order chi connectivity index (χ1) is 14.8. The minimum Gasteiger partial charge on any atom is -0.356 e. The highest BCUT2D eigenvalue weighted by molar-refractivity contribution is 7.89. The van der Waals surface area contributed by atoms with Gasteiger partial charge in [-0.1, -0.05) is 17.7 Å². The number of hydrogen-bond donors (Lipinski definition) is 1. The molecule has 1 aromatic rings. The van der Waals surface area contributed by atoms with Crippen LogP contribution in [0, 0.1) is 36.0 Å². The summed E-state index contributed by atoms with van der Waals surface area (Å²) >= 11 is 0. The van der Waals surface area contributed by atoms with E-state index in [0.717, 1.165) is 36.3 Å². The van der Waals surface area contributed by atoms with Crippen molar-refractivity contribution < 1.29 is 13.2 Å². The van der Waals surface area contributed by atoms with Crippen LogP contribution < -0.4 is 5.32 Å². The maximum absolute atomic E-state index is 12.9. The number of piperidine rings is 1. The average molecular weight is 445 g/mol. The lowest BCUT2D eigenvalue weighted by molar-refractivity contribution is -0.126. The topological polar surface area (TPSA) is 66.5 Å². The van der Waals surface area contributed by atoms with E-state index in [1.807, 2.05) is 19.1 Å². The fraction of sp³-hybridized carbons (Fsp3) is 0.720. The predicted octanol–water partition coefficient (Wildman–Crippen LogP) is 4.12. The van der Waals surface area contributed by atoms with Crippen LogP contribution in [0.15, 0.2) is 29.2 Å². The molecule has 1 heterocycles. The molecule has 170 valence electrons. The van der Waals surface area contributed by atoms with Gasteiger partial charge in [0.05, 0.1) is 4.90 Å². The molecule has 0 unspecified atom stereocenters. The Balaban J connectivity index is 1.10. The van der Waals surface area contributed by atoms with E-state index >= 15 is 0 Å². The Labute approximate surface area is 187 Å². The third-order valence-electron chi connectivity index (χ3n) is 8.60. The second-order valence-corrected chi connectivity index (χ2v) is 12.9. The van der Waals surface area contributed by atoms with Gasteiger partial charge in [-0.05, 0) is 100 Å². The molecule has 1 aliphatic heterocycles. The Morgan fingerprint density at radius 2 is 1.55 bits per heavy atom. The quantitative estimate of drug-likeness (QED) is 0.718. The molecule has 1 amide bonds. The van der Waals surface area contributed by atoms with Gasteiger partial charge in [-0.15, -0.1) is 0 Å². The fourth-order valence-electron chi connectivity index (χ4n) is 7.41. The molecule has 5 aliphatic rings. The summed E-state index contributed by atoms with van der Waals surface area (Å²) in [6.45, 7) is 3.57. The molecule has 1 N–H and O–H groups in total. The van der Waals surface area contributed by atoms with Crippen molar-refractivity contribution in [3.05, 3.63) is 29.8 Å². The number of hydrogen-bond acceptors (Lipinski definition) is 3. The Morgan fingerprint density at radius 1 is 1.00 bits per heavy atom. The molecule has 4 aliphatic carbocycles. The summed E-state index contributed by atoms with van der Waals surface area (Å²) < 4.78 is 27.3. The number of amides is 1. The smallest absolute Gasteiger partial charge is 0.243 e. The molecule has 0 aromatic heterocycles. The van der Waals surface area contributed by atoms with Crippen molar-refractivity contribution in [1.82, 2.24) is 9.62 Å². The standard InChI is InChI=1S/C25H36N2O3S/c1-18-2-4-23(5-3-18)31(29,30)27-10-6-22(7-11-27)24(28)26-9-8-25-15-19-12-20(16-25)14-21(13-19)17-25/h2-5,19-22H,6-17H2,1H3,(H,26,28). The SMILES string of the molecule is Cc1ccc(S(=O)(=O)N2CCC(C(=O)NCCC34CC5CC(CC(C5)C3)C4)CC2)cc1. The normalized spacial score (nSPS) is 33.5. The molecule has 6 heteroatoms. The molecule has 0 spiro atoms. The molecule has 31 heavy (non-hydrogen) atoms. The molecule has 1 aromatic carbocycles. The number of nitrogens with zero attached hydrogens (tertiary/aromatic N) is 1. The Morgan fingerprint density at radius 3 is 2.10 bits per heavy atom. The predicted molar refractivity (Wildman–Crippen MR) is 121 cm³/mol. The van der Waals surface area contributed by atoms with Crippen molar-refractivity contribution in [1.29, 1.82) is 0 Å². The summed E-state index contributed by atoms with van der Waals surface area (Å²) in [6, 6.07) is 7.01. The Kier molecular flexibility index (Phi) is 5.66. The molecule has 4 bridgehead atoms. The van der Waals surface area contributed by atoms with Gasteiger partial charge in [0.25, 0.3) is 0 Å². The summed E-state index contributed by atoms with van der Waals surface area (Å²) in [4.78, 5) is 13.1. The number of benzene rings is 1. The lowest BCUT2D eigenvalue weighted by Crippen LogP contribution is -2.48. The van der Waals surface area contributed by atoms with Crippen LogP contribution in [0.4, 0.5) is 0 Å². The molecule has 4 saturated carbocycles. The summed E-state index contributed by atoms with van der Waals surface area (Å²) in [6.07, 6.45) is 10.8. The maximum Gasteiger partial charge on any atom is 0.243 e. The summed E-state index contributed by atoms with van der Waals surface area (Å²) in [7, 11) is -3.47. The van der Waals surface area contributed by atoms with Crippen molar-refractivity contribution in [3.8, 4) is 0 Å². The van der Waals surface area contributed by atoms with E-state index in [9.17, 15) is 13.2 Å². The van der Waals surface area contributed by atoms with Crippen LogP contribution in [0.25, 0.3) is 0 Å². The van der Waals surface area contributed by atoms with Gasteiger partial charge >= 0.3 is 0 Å². The van der Waals surface area contributed by atoms with Crippen LogP contribution in [0.2, 0.25) is 0 Å². The summed E-state index contributed by atoms with van der Waals surface area (Å²) in [5.74, 6) is 2.89. The fourth-order valence-corrected chi connectivity index (χ4v) is 8.88. The maximum atomic E-state index is 12.9. The van der Waals surface area contributed by atoms with Crippen molar-refractivity contribution in [3.63, 3.8) is 0 Å². The lowest BCUT2D eigenvalue weighted by Gasteiger charge is -2.57. The molecule has 0 radical (unpaired) electrons. The van der Waals surface area contributed by atoms with Gasteiger partial charge < -0.3 is 5.32 Å². The molecule has 1 saturated heterocycles. The van der Waals surface area contributed by atoms with Crippen LogP contribution in [-0.4, -0.2) is 38.3 Å². The zero-order valence-electron chi connectivity index (χ0n) is 18.7. The van der Waals surface area contributed by atoms with Gasteiger partial charge in [-0.3, -0.25) is 4.79 Å². The number of carbonyl (C=O) groups is 1. The molecular formula is C25H36N2O3S. The van der Waals surface area contributed by atoms with E-state index in [-0.39, 0.29) is 11.8 Å². The van der Waals surface area contributed by atoms with Gasteiger partial charge in [0.15, 0.2) is 0 Å².